The summed E-state index contributed by atoms with van der Waals surface area (Å²) in [6, 6.07) is 18.4. The van der Waals surface area contributed by atoms with Crippen molar-refractivity contribution in [2.24, 2.45) is 0 Å². The number of carbonyl (C=O) groups excluding carboxylic acids is 1. The normalized spacial score (nSPS) is 10.9. The van der Waals surface area contributed by atoms with E-state index in [1.807, 2.05) is 27.1 Å². The number of anilines is 2. The Balaban J connectivity index is 1.46. The van der Waals surface area contributed by atoms with Crippen LogP contribution in [0.3, 0.4) is 0 Å². The summed E-state index contributed by atoms with van der Waals surface area (Å²) >= 11 is 1.57. The van der Waals surface area contributed by atoms with Gasteiger partial charge in [0.1, 0.15) is 5.82 Å². The first kappa shape index (κ1) is 21.8. The zero-order chi connectivity index (χ0) is 22.7. The Bertz CT molecular complexity index is 1210. The van der Waals surface area contributed by atoms with E-state index in [0.29, 0.717) is 12.4 Å². The molecule has 4 aromatic rings. The van der Waals surface area contributed by atoms with E-state index < -0.39 is 0 Å². The number of amides is 1. The van der Waals surface area contributed by atoms with E-state index in [9.17, 15) is 4.79 Å². The van der Waals surface area contributed by atoms with Crippen LogP contribution in [0.4, 0.5) is 11.5 Å². The lowest BCUT2D eigenvalue weighted by atomic mass is 10.1. The molecule has 0 aliphatic rings. The zero-order valence-electron chi connectivity index (χ0n) is 18.8. The van der Waals surface area contributed by atoms with Crippen molar-refractivity contribution in [2.45, 2.75) is 26.8 Å². The lowest BCUT2D eigenvalue weighted by Gasteiger charge is -2.13. The van der Waals surface area contributed by atoms with Crippen LogP contribution in [0.2, 0.25) is 0 Å². The molecule has 2 aromatic carbocycles. The topological polar surface area (TPSA) is 63.1 Å². The van der Waals surface area contributed by atoms with Gasteiger partial charge in [-0.1, -0.05) is 42.0 Å². The fourth-order valence-electron chi connectivity index (χ4n) is 3.50. The molecule has 2 aromatic heterocycles. The van der Waals surface area contributed by atoms with Crippen LogP contribution in [0, 0.1) is 13.8 Å². The van der Waals surface area contributed by atoms with Crippen molar-refractivity contribution < 1.29 is 4.79 Å². The molecule has 6 nitrogen and oxygen atoms in total. The van der Waals surface area contributed by atoms with Crippen LogP contribution in [-0.2, 0) is 17.8 Å². The summed E-state index contributed by atoms with van der Waals surface area (Å²) in [5.41, 5.74) is 5.39. The van der Waals surface area contributed by atoms with Crippen LogP contribution in [0.15, 0.2) is 60.8 Å². The van der Waals surface area contributed by atoms with Gasteiger partial charge in [0.2, 0.25) is 5.91 Å². The predicted molar refractivity (Wildman–Crippen MR) is 131 cm³/mol. The molecular formula is C25H27N5OS. The molecular weight excluding hydrogens is 418 g/mol. The van der Waals surface area contributed by atoms with Crippen molar-refractivity contribution in [1.29, 1.82) is 0 Å². The molecule has 0 unspecified atom stereocenters. The van der Waals surface area contributed by atoms with Crippen molar-refractivity contribution in [3.63, 3.8) is 0 Å². The van der Waals surface area contributed by atoms with Gasteiger partial charge in [-0.2, -0.15) is 5.10 Å². The summed E-state index contributed by atoms with van der Waals surface area (Å²) < 4.78 is 1.81. The van der Waals surface area contributed by atoms with Gasteiger partial charge in [0.25, 0.3) is 0 Å². The van der Waals surface area contributed by atoms with Gasteiger partial charge in [-0.25, -0.2) is 9.67 Å². The number of rotatable bonds is 7. The molecule has 4 rings (SSSR count). The van der Waals surface area contributed by atoms with Gasteiger partial charge in [-0.15, -0.1) is 11.3 Å². The summed E-state index contributed by atoms with van der Waals surface area (Å²) in [7, 11) is 4.04. The molecule has 7 heteroatoms. The summed E-state index contributed by atoms with van der Waals surface area (Å²) in [5.74, 6) is 0.608. The highest BCUT2D eigenvalue weighted by molar-refractivity contribution is 7.12. The zero-order valence-corrected chi connectivity index (χ0v) is 19.6. The van der Waals surface area contributed by atoms with Gasteiger partial charge >= 0.3 is 0 Å². The minimum absolute atomic E-state index is 0.0771. The Kier molecular flexibility index (Phi) is 6.37. The third-order valence-electron chi connectivity index (χ3n) is 5.22. The second-order valence-electron chi connectivity index (χ2n) is 8.03. The maximum absolute atomic E-state index is 12.9. The number of benzene rings is 2. The van der Waals surface area contributed by atoms with Gasteiger partial charge in [0, 0.05) is 36.3 Å². The second kappa shape index (κ2) is 9.36. The number of hydrogen-bond acceptors (Lipinski definition) is 5. The smallest absolute Gasteiger partial charge is 0.230 e. The van der Waals surface area contributed by atoms with Crippen molar-refractivity contribution in [2.75, 3.05) is 24.3 Å². The Morgan fingerprint density at radius 2 is 1.75 bits per heavy atom. The molecule has 0 saturated carbocycles. The number of aromatic nitrogens is 3. The Labute approximate surface area is 192 Å². The van der Waals surface area contributed by atoms with E-state index in [-0.39, 0.29) is 12.3 Å². The highest BCUT2D eigenvalue weighted by Gasteiger charge is 2.16. The Morgan fingerprint density at radius 3 is 2.44 bits per heavy atom. The van der Waals surface area contributed by atoms with Crippen LogP contribution >= 0.6 is 11.3 Å². The lowest BCUT2D eigenvalue weighted by molar-refractivity contribution is -0.115. The van der Waals surface area contributed by atoms with Gasteiger partial charge in [-0.05, 0) is 31.5 Å². The standard InChI is InChI=1S/C25H27N5OS/c1-17-5-9-20(10-6-17)25-22(32-18(2)27-25)15-24(31)28-23-13-14-26-30(23)16-19-7-11-21(12-8-19)29(3)4/h5-14H,15-16H2,1-4H3,(H,28,31). The first-order valence-corrected chi connectivity index (χ1v) is 11.3. The van der Waals surface area contributed by atoms with Crippen LogP contribution in [0.1, 0.15) is 21.0 Å². The minimum atomic E-state index is -0.0771. The Morgan fingerprint density at radius 1 is 1.03 bits per heavy atom. The van der Waals surface area contributed by atoms with Crippen molar-refractivity contribution in [3.8, 4) is 11.3 Å². The molecule has 0 radical (unpaired) electrons. The summed E-state index contributed by atoms with van der Waals surface area (Å²) in [5, 5.41) is 8.36. The van der Waals surface area contributed by atoms with E-state index in [4.69, 9.17) is 0 Å². The van der Waals surface area contributed by atoms with E-state index >= 15 is 0 Å². The van der Waals surface area contributed by atoms with E-state index in [1.165, 1.54) is 5.56 Å². The van der Waals surface area contributed by atoms with Crippen LogP contribution in [-0.4, -0.2) is 34.8 Å². The summed E-state index contributed by atoms with van der Waals surface area (Å²) in [4.78, 5) is 20.6. The highest BCUT2D eigenvalue weighted by atomic mass is 32.1. The average molecular weight is 446 g/mol. The molecule has 32 heavy (non-hydrogen) atoms. The SMILES string of the molecule is Cc1ccc(-c2nc(C)sc2CC(=O)Nc2ccnn2Cc2ccc(N(C)C)cc2)cc1. The molecule has 0 saturated heterocycles. The molecule has 0 atom stereocenters. The van der Waals surface area contributed by atoms with Gasteiger partial charge in [0.05, 0.1) is 29.9 Å². The first-order valence-electron chi connectivity index (χ1n) is 10.5. The molecule has 1 N–H and O–H groups in total. The first-order chi connectivity index (χ1) is 15.4. The fraction of sp³-hybridized carbons (Fsp3) is 0.240. The largest absolute Gasteiger partial charge is 0.378 e. The lowest BCUT2D eigenvalue weighted by Crippen LogP contribution is -2.18. The second-order valence-corrected chi connectivity index (χ2v) is 9.32. The molecule has 0 spiro atoms. The molecule has 0 aliphatic heterocycles. The van der Waals surface area contributed by atoms with E-state index in [1.54, 1.807) is 22.2 Å². The van der Waals surface area contributed by atoms with Crippen LogP contribution < -0.4 is 10.2 Å². The number of nitrogens with zero attached hydrogens (tertiary/aromatic N) is 4. The molecule has 164 valence electrons. The molecule has 0 fully saturated rings. The molecule has 2 heterocycles. The number of hydrogen-bond donors (Lipinski definition) is 1. The van der Waals surface area contributed by atoms with Crippen molar-refractivity contribution in [3.05, 3.63) is 81.8 Å². The quantitative estimate of drug-likeness (QED) is 0.439. The minimum Gasteiger partial charge on any atom is -0.378 e. The number of carbonyl (C=O) groups is 1. The van der Waals surface area contributed by atoms with Gasteiger partial charge in [-0.3, -0.25) is 4.79 Å². The van der Waals surface area contributed by atoms with E-state index in [2.05, 4.69) is 75.8 Å². The molecule has 1 amide bonds. The maximum atomic E-state index is 12.9. The highest BCUT2D eigenvalue weighted by Crippen LogP contribution is 2.29. The summed E-state index contributed by atoms with van der Waals surface area (Å²) in [6.07, 6.45) is 1.98. The molecule has 0 aliphatic carbocycles. The average Bonchev–Trinajstić information content (AvgIpc) is 3.34. The summed E-state index contributed by atoms with van der Waals surface area (Å²) in [6.45, 7) is 4.62. The van der Waals surface area contributed by atoms with E-state index in [0.717, 1.165) is 32.4 Å². The van der Waals surface area contributed by atoms with Crippen LogP contribution in [0.5, 0.6) is 0 Å². The van der Waals surface area contributed by atoms with Gasteiger partial charge in [0.15, 0.2) is 0 Å². The Hall–Kier alpha value is -3.45. The van der Waals surface area contributed by atoms with Gasteiger partial charge < -0.3 is 10.2 Å². The number of thiazole rings is 1. The van der Waals surface area contributed by atoms with Crippen LogP contribution in [0.25, 0.3) is 11.3 Å². The monoisotopic (exact) mass is 445 g/mol. The third-order valence-corrected chi connectivity index (χ3v) is 6.19. The number of nitrogens with one attached hydrogen (secondary N) is 1. The number of aryl methyl sites for hydroxylation is 2. The molecule has 0 bridgehead atoms. The maximum Gasteiger partial charge on any atom is 0.230 e. The van der Waals surface area contributed by atoms with Crippen molar-refractivity contribution in [1.82, 2.24) is 14.8 Å². The third kappa shape index (κ3) is 5.06. The predicted octanol–water partition coefficient (Wildman–Crippen LogP) is 4.92. The fourth-order valence-corrected chi connectivity index (χ4v) is 4.45. The van der Waals surface area contributed by atoms with Crippen molar-refractivity contribution >= 4 is 28.7 Å².